The number of aliphatic hydroxyl groups is 1. The molecule has 2 unspecified atom stereocenters. The van der Waals surface area contributed by atoms with E-state index < -0.39 is 6.10 Å². The number of nitrogens with one attached hydrogen (secondary N) is 1. The molecule has 0 fully saturated rings. The second-order valence-corrected chi connectivity index (χ2v) is 6.84. The van der Waals surface area contributed by atoms with Gasteiger partial charge in [0, 0.05) is 0 Å². The van der Waals surface area contributed by atoms with Gasteiger partial charge in [0.1, 0.15) is 24.2 Å². The summed E-state index contributed by atoms with van der Waals surface area (Å²) in [5.74, 6) is 0.996. The summed E-state index contributed by atoms with van der Waals surface area (Å²) in [4.78, 5) is 22.2. The number of rotatable bonds is 10. The highest BCUT2D eigenvalue weighted by Gasteiger charge is 2.17. The summed E-state index contributed by atoms with van der Waals surface area (Å²) >= 11 is 1.39. The van der Waals surface area contributed by atoms with E-state index >= 15 is 0 Å². The molecule has 0 saturated heterocycles. The highest BCUT2D eigenvalue weighted by atomic mass is 32.2. The van der Waals surface area contributed by atoms with E-state index in [2.05, 4.69) is 5.32 Å². The molecule has 7 heteroatoms. The molecule has 2 aromatic carbocycles. The van der Waals surface area contributed by atoms with Crippen LogP contribution in [0.2, 0.25) is 0 Å². The molecule has 2 N–H and O–H groups in total. The van der Waals surface area contributed by atoms with Crippen molar-refractivity contribution in [2.45, 2.75) is 17.8 Å². The number of benzene rings is 2. The monoisotopic (exact) mass is 389 g/mol. The number of hydrogen-bond acceptors (Lipinski definition) is 6. The number of ether oxygens (including phenoxy) is 2. The molecular weight excluding hydrogens is 366 g/mol. The second kappa shape index (κ2) is 10.6. The minimum absolute atomic E-state index is 0.113. The van der Waals surface area contributed by atoms with E-state index in [1.807, 2.05) is 36.6 Å². The van der Waals surface area contributed by atoms with Gasteiger partial charge in [-0.2, -0.15) is 11.8 Å². The molecule has 2 aromatic rings. The Morgan fingerprint density at radius 1 is 1.22 bits per heavy atom. The lowest BCUT2D eigenvalue weighted by Gasteiger charge is -2.15. The van der Waals surface area contributed by atoms with Crippen LogP contribution in [0.5, 0.6) is 11.5 Å². The van der Waals surface area contributed by atoms with Gasteiger partial charge in [-0.15, -0.1) is 0 Å². The number of imide groups is 1. The molecule has 0 bridgehead atoms. The number of aliphatic hydroxyl groups excluding tert-OH is 1. The van der Waals surface area contributed by atoms with Crippen molar-refractivity contribution in [3.8, 4) is 11.5 Å². The summed E-state index contributed by atoms with van der Waals surface area (Å²) < 4.78 is 10.8. The van der Waals surface area contributed by atoms with E-state index in [0.29, 0.717) is 24.3 Å². The molecule has 0 aromatic heterocycles. The number of amides is 2. The number of thioether (sulfide) groups is 1. The van der Waals surface area contributed by atoms with Crippen LogP contribution in [0.25, 0.3) is 0 Å². The second-order valence-electron chi connectivity index (χ2n) is 5.80. The summed E-state index contributed by atoms with van der Waals surface area (Å²) in [6, 6.07) is 14.5. The maximum Gasteiger partial charge on any atom is 0.239 e. The zero-order chi connectivity index (χ0) is 19.6. The fraction of sp³-hybridized carbons (Fsp3) is 0.300. The van der Waals surface area contributed by atoms with Gasteiger partial charge in [0.15, 0.2) is 0 Å². The van der Waals surface area contributed by atoms with E-state index in [9.17, 15) is 14.7 Å². The normalized spacial score (nSPS) is 12.7. The predicted molar refractivity (Wildman–Crippen MR) is 105 cm³/mol. The molecule has 27 heavy (non-hydrogen) atoms. The molecule has 6 nitrogen and oxygen atoms in total. The van der Waals surface area contributed by atoms with E-state index in [0.717, 1.165) is 11.1 Å². The van der Waals surface area contributed by atoms with Crippen molar-refractivity contribution < 1.29 is 24.2 Å². The maximum atomic E-state index is 11.8. The van der Waals surface area contributed by atoms with Gasteiger partial charge in [-0.05, 0) is 48.1 Å². The highest BCUT2D eigenvalue weighted by molar-refractivity contribution is 7.99. The summed E-state index contributed by atoms with van der Waals surface area (Å²) in [7, 11) is 1.58. The minimum atomic E-state index is -0.771. The van der Waals surface area contributed by atoms with E-state index in [1.165, 1.54) is 11.8 Å². The summed E-state index contributed by atoms with van der Waals surface area (Å²) in [5, 5.41) is 12.1. The third-order valence-corrected chi connectivity index (χ3v) is 4.96. The number of methoxy groups -OCH3 is 1. The van der Waals surface area contributed by atoms with Crippen LogP contribution in [0, 0.1) is 0 Å². The summed E-state index contributed by atoms with van der Waals surface area (Å²) in [6.07, 6.45) is 1.96. The standard InChI is InChI=1S/C20H23NO5S/c1-25-17-5-3-4-15(11-17)18(23)12-26-16-8-6-14(7-9-16)10-19(27-2)20(24)21-13-22/h3-9,11,13,18-19,23H,10,12H2,1-2H3,(H,21,22,24). The maximum absolute atomic E-state index is 11.8. The van der Waals surface area contributed by atoms with Crippen molar-refractivity contribution >= 4 is 24.1 Å². The van der Waals surface area contributed by atoms with Crippen LogP contribution in [0.1, 0.15) is 17.2 Å². The average molecular weight is 389 g/mol. The average Bonchev–Trinajstić information content (AvgIpc) is 2.71. The van der Waals surface area contributed by atoms with Gasteiger partial charge in [0.05, 0.1) is 12.4 Å². The minimum Gasteiger partial charge on any atom is -0.497 e. The van der Waals surface area contributed by atoms with Crippen molar-refractivity contribution in [2.75, 3.05) is 20.0 Å². The molecule has 0 aliphatic rings. The zero-order valence-corrected chi connectivity index (χ0v) is 16.1. The predicted octanol–water partition coefficient (Wildman–Crippen LogP) is 2.35. The van der Waals surface area contributed by atoms with Crippen LogP contribution in [0.4, 0.5) is 0 Å². The molecule has 0 heterocycles. The fourth-order valence-corrected chi connectivity index (χ4v) is 3.13. The molecular formula is C20H23NO5S. The number of carbonyl (C=O) groups is 2. The Balaban J connectivity index is 1.91. The van der Waals surface area contributed by atoms with Crippen molar-refractivity contribution in [1.82, 2.24) is 5.32 Å². The lowest BCUT2D eigenvalue weighted by Crippen LogP contribution is -2.32. The molecule has 144 valence electrons. The van der Waals surface area contributed by atoms with Gasteiger partial charge in [-0.3, -0.25) is 14.9 Å². The zero-order valence-electron chi connectivity index (χ0n) is 15.3. The van der Waals surface area contributed by atoms with Crippen LogP contribution in [0.3, 0.4) is 0 Å². The molecule has 2 amide bonds. The van der Waals surface area contributed by atoms with Gasteiger partial charge in [0.2, 0.25) is 12.3 Å². The van der Waals surface area contributed by atoms with E-state index in [1.54, 1.807) is 25.3 Å². The molecule has 0 aliphatic heterocycles. The van der Waals surface area contributed by atoms with Crippen molar-refractivity contribution in [3.63, 3.8) is 0 Å². The Morgan fingerprint density at radius 3 is 2.59 bits per heavy atom. The third-order valence-electron chi connectivity index (χ3n) is 4.01. The molecule has 0 radical (unpaired) electrons. The van der Waals surface area contributed by atoms with Crippen molar-refractivity contribution in [2.24, 2.45) is 0 Å². The van der Waals surface area contributed by atoms with Crippen LogP contribution < -0.4 is 14.8 Å². The van der Waals surface area contributed by atoms with Gasteiger partial charge in [0.25, 0.3) is 0 Å². The summed E-state index contributed by atoms with van der Waals surface area (Å²) in [6.45, 7) is 0.113. The number of carbonyl (C=O) groups excluding carboxylic acids is 2. The van der Waals surface area contributed by atoms with Gasteiger partial charge < -0.3 is 14.6 Å². The fourth-order valence-electron chi connectivity index (χ4n) is 2.49. The Morgan fingerprint density at radius 2 is 1.96 bits per heavy atom. The van der Waals surface area contributed by atoms with Gasteiger partial charge in [-0.1, -0.05) is 24.3 Å². The smallest absolute Gasteiger partial charge is 0.239 e. The van der Waals surface area contributed by atoms with Crippen molar-refractivity contribution in [3.05, 3.63) is 59.7 Å². The largest absolute Gasteiger partial charge is 0.497 e. The first-order valence-corrected chi connectivity index (χ1v) is 9.66. The van der Waals surface area contributed by atoms with E-state index in [-0.39, 0.29) is 17.8 Å². The Hall–Kier alpha value is -2.51. The van der Waals surface area contributed by atoms with Crippen molar-refractivity contribution in [1.29, 1.82) is 0 Å². The number of hydrogen-bond donors (Lipinski definition) is 2. The molecule has 0 spiro atoms. The highest BCUT2D eigenvalue weighted by Crippen LogP contribution is 2.22. The van der Waals surface area contributed by atoms with E-state index in [4.69, 9.17) is 9.47 Å². The Kier molecular flexibility index (Phi) is 8.16. The van der Waals surface area contributed by atoms with Crippen LogP contribution in [-0.2, 0) is 16.0 Å². The first-order chi connectivity index (χ1) is 13.1. The van der Waals surface area contributed by atoms with Crippen LogP contribution in [-0.4, -0.2) is 42.6 Å². The Bertz CT molecular complexity index is 750. The third kappa shape index (κ3) is 6.30. The lowest BCUT2D eigenvalue weighted by molar-refractivity contribution is -0.124. The van der Waals surface area contributed by atoms with Gasteiger partial charge >= 0.3 is 0 Å². The topological polar surface area (TPSA) is 84.9 Å². The SMILES string of the molecule is COc1cccc(C(O)COc2ccc(CC(SC)C(=O)NC=O)cc2)c1. The van der Waals surface area contributed by atoms with Crippen LogP contribution >= 0.6 is 11.8 Å². The Labute approximate surface area is 162 Å². The molecule has 0 aliphatic carbocycles. The summed E-state index contributed by atoms with van der Waals surface area (Å²) in [5.41, 5.74) is 1.67. The molecule has 2 rings (SSSR count). The lowest BCUT2D eigenvalue weighted by atomic mass is 10.1. The first-order valence-electron chi connectivity index (χ1n) is 8.38. The first kappa shape index (κ1) is 20.8. The van der Waals surface area contributed by atoms with Crippen LogP contribution in [0.15, 0.2) is 48.5 Å². The van der Waals surface area contributed by atoms with Gasteiger partial charge in [-0.25, -0.2) is 0 Å². The molecule has 2 atom stereocenters. The quantitative estimate of drug-likeness (QED) is 0.607. The molecule has 0 saturated carbocycles.